The summed E-state index contributed by atoms with van der Waals surface area (Å²) in [6.07, 6.45) is 2.65. The summed E-state index contributed by atoms with van der Waals surface area (Å²) in [5, 5.41) is 3.28. The van der Waals surface area contributed by atoms with E-state index in [1.807, 2.05) is 6.07 Å². The van der Waals surface area contributed by atoms with Crippen LogP contribution in [0.5, 0.6) is 0 Å². The molecule has 0 spiro atoms. The summed E-state index contributed by atoms with van der Waals surface area (Å²) in [5.41, 5.74) is 0.730. The van der Waals surface area contributed by atoms with Gasteiger partial charge in [-0.2, -0.15) is 0 Å². The molecule has 0 aliphatic heterocycles. The number of halogens is 2. The fourth-order valence-electron chi connectivity index (χ4n) is 1.42. The lowest BCUT2D eigenvalue weighted by Crippen LogP contribution is -2.17. The molecule has 0 amide bonds. The van der Waals surface area contributed by atoms with Gasteiger partial charge < -0.3 is 5.32 Å². The minimum absolute atomic E-state index is 0.136. The van der Waals surface area contributed by atoms with Crippen LogP contribution in [-0.2, 0) is 6.54 Å². The molecule has 3 heteroatoms. The van der Waals surface area contributed by atoms with E-state index in [2.05, 4.69) is 21.2 Å². The lowest BCUT2D eigenvalue weighted by Gasteiger charge is -2.07. The molecule has 1 aliphatic carbocycles. The predicted octanol–water partition coefficient (Wildman–Crippen LogP) is 3.09. The van der Waals surface area contributed by atoms with Gasteiger partial charge in [0, 0.05) is 16.6 Å². The minimum Gasteiger partial charge on any atom is -0.312 e. The molecule has 0 atom stereocenters. The van der Waals surface area contributed by atoms with Crippen LogP contribution in [0.2, 0.25) is 0 Å². The Bertz CT molecular complexity index is 303. The Morgan fingerprint density at radius 3 is 2.86 bits per heavy atom. The van der Waals surface area contributed by atoms with Gasteiger partial charge in [0.05, 0.1) is 0 Å². The lowest BCUT2D eigenvalue weighted by atomic mass is 10.2. The Morgan fingerprint density at radius 1 is 1.43 bits per heavy atom. The second kappa shape index (κ2) is 4.41. The van der Waals surface area contributed by atoms with Crippen molar-refractivity contribution in [1.82, 2.24) is 5.32 Å². The zero-order valence-corrected chi connectivity index (χ0v) is 9.48. The Morgan fingerprint density at radius 2 is 2.21 bits per heavy atom. The molecule has 0 heterocycles. The maximum Gasteiger partial charge on any atom is 0.128 e. The molecule has 1 aromatic rings. The van der Waals surface area contributed by atoms with Crippen molar-refractivity contribution in [2.24, 2.45) is 5.92 Å². The number of hydrogen-bond acceptors (Lipinski definition) is 1. The predicted molar refractivity (Wildman–Crippen MR) is 58.5 cm³/mol. The van der Waals surface area contributed by atoms with E-state index in [9.17, 15) is 4.39 Å². The van der Waals surface area contributed by atoms with Gasteiger partial charge in [-0.25, -0.2) is 4.39 Å². The highest BCUT2D eigenvalue weighted by Gasteiger charge is 2.20. The van der Waals surface area contributed by atoms with Gasteiger partial charge in [-0.05, 0) is 37.4 Å². The van der Waals surface area contributed by atoms with Crippen LogP contribution in [0.1, 0.15) is 18.4 Å². The summed E-state index contributed by atoms with van der Waals surface area (Å²) < 4.78 is 14.2. The molecule has 0 unspecified atom stereocenters. The first-order valence-electron chi connectivity index (χ1n) is 4.91. The summed E-state index contributed by atoms with van der Waals surface area (Å²) in [6, 6.07) is 5.08. The van der Waals surface area contributed by atoms with E-state index in [-0.39, 0.29) is 5.82 Å². The van der Waals surface area contributed by atoms with Crippen LogP contribution in [-0.4, -0.2) is 6.54 Å². The van der Waals surface area contributed by atoms with Crippen LogP contribution in [0.25, 0.3) is 0 Å². The first-order chi connectivity index (χ1) is 6.77. The van der Waals surface area contributed by atoms with Crippen molar-refractivity contribution in [3.05, 3.63) is 34.1 Å². The Hall–Kier alpha value is -0.410. The standard InChI is InChI=1S/C11H13BrFN/c12-10-2-1-3-11(13)9(10)7-14-6-8-4-5-8/h1-3,8,14H,4-7H2. The summed E-state index contributed by atoms with van der Waals surface area (Å²) in [7, 11) is 0. The van der Waals surface area contributed by atoms with Crippen molar-refractivity contribution in [2.45, 2.75) is 19.4 Å². The van der Waals surface area contributed by atoms with E-state index in [0.717, 1.165) is 22.5 Å². The average molecular weight is 258 g/mol. The molecular formula is C11H13BrFN. The third-order valence-electron chi connectivity index (χ3n) is 2.49. The first kappa shape index (κ1) is 10.1. The molecule has 1 nitrogen and oxygen atoms in total. The Kier molecular flexibility index (Phi) is 3.19. The summed E-state index contributed by atoms with van der Waals surface area (Å²) >= 11 is 3.35. The van der Waals surface area contributed by atoms with Crippen LogP contribution in [0.3, 0.4) is 0 Å². The molecule has 0 aromatic heterocycles. The highest BCUT2D eigenvalue weighted by atomic mass is 79.9. The van der Waals surface area contributed by atoms with Crippen molar-refractivity contribution in [3.8, 4) is 0 Å². The zero-order valence-electron chi connectivity index (χ0n) is 7.89. The normalized spacial score (nSPS) is 15.9. The molecule has 1 aliphatic rings. The van der Waals surface area contributed by atoms with E-state index >= 15 is 0 Å². The van der Waals surface area contributed by atoms with Gasteiger partial charge in [0.15, 0.2) is 0 Å². The second-order valence-electron chi connectivity index (χ2n) is 3.77. The topological polar surface area (TPSA) is 12.0 Å². The van der Waals surface area contributed by atoms with E-state index in [1.54, 1.807) is 6.07 Å². The van der Waals surface area contributed by atoms with Crippen LogP contribution >= 0.6 is 15.9 Å². The molecule has 1 saturated carbocycles. The van der Waals surface area contributed by atoms with Crippen molar-refractivity contribution >= 4 is 15.9 Å². The maximum atomic E-state index is 13.3. The molecule has 76 valence electrons. The fourth-order valence-corrected chi connectivity index (χ4v) is 1.91. The highest BCUT2D eigenvalue weighted by molar-refractivity contribution is 9.10. The summed E-state index contributed by atoms with van der Waals surface area (Å²) in [4.78, 5) is 0. The van der Waals surface area contributed by atoms with Gasteiger partial charge in [-0.1, -0.05) is 22.0 Å². The van der Waals surface area contributed by atoms with Crippen LogP contribution in [0.4, 0.5) is 4.39 Å². The SMILES string of the molecule is Fc1cccc(Br)c1CNCC1CC1. The van der Waals surface area contributed by atoms with Crippen LogP contribution in [0, 0.1) is 11.7 Å². The lowest BCUT2D eigenvalue weighted by molar-refractivity contribution is 0.576. The number of rotatable bonds is 4. The van der Waals surface area contributed by atoms with E-state index < -0.39 is 0 Å². The van der Waals surface area contributed by atoms with Crippen LogP contribution in [0.15, 0.2) is 22.7 Å². The molecule has 0 radical (unpaired) electrons. The average Bonchev–Trinajstić information content (AvgIpc) is 2.94. The number of benzene rings is 1. The van der Waals surface area contributed by atoms with Gasteiger partial charge in [-0.15, -0.1) is 0 Å². The largest absolute Gasteiger partial charge is 0.312 e. The Labute approximate surface area is 91.8 Å². The van der Waals surface area contributed by atoms with Crippen molar-refractivity contribution in [3.63, 3.8) is 0 Å². The highest BCUT2D eigenvalue weighted by Crippen LogP contribution is 2.28. The summed E-state index contributed by atoms with van der Waals surface area (Å²) in [6.45, 7) is 1.63. The van der Waals surface area contributed by atoms with E-state index in [4.69, 9.17) is 0 Å². The van der Waals surface area contributed by atoms with E-state index in [1.165, 1.54) is 18.9 Å². The molecular weight excluding hydrogens is 245 g/mol. The first-order valence-corrected chi connectivity index (χ1v) is 5.70. The van der Waals surface area contributed by atoms with Gasteiger partial charge in [-0.3, -0.25) is 0 Å². The number of nitrogens with one attached hydrogen (secondary N) is 1. The van der Waals surface area contributed by atoms with Gasteiger partial charge in [0.1, 0.15) is 5.82 Å². The quantitative estimate of drug-likeness (QED) is 0.875. The fraction of sp³-hybridized carbons (Fsp3) is 0.455. The molecule has 14 heavy (non-hydrogen) atoms. The summed E-state index contributed by atoms with van der Waals surface area (Å²) in [5.74, 6) is 0.697. The second-order valence-corrected chi connectivity index (χ2v) is 4.63. The van der Waals surface area contributed by atoms with Gasteiger partial charge in [0.25, 0.3) is 0 Å². The smallest absolute Gasteiger partial charge is 0.128 e. The van der Waals surface area contributed by atoms with Crippen molar-refractivity contribution in [1.29, 1.82) is 0 Å². The van der Waals surface area contributed by atoms with Crippen LogP contribution < -0.4 is 5.32 Å². The molecule has 0 saturated heterocycles. The monoisotopic (exact) mass is 257 g/mol. The third-order valence-corrected chi connectivity index (χ3v) is 3.24. The van der Waals surface area contributed by atoms with Gasteiger partial charge in [0.2, 0.25) is 0 Å². The molecule has 0 bridgehead atoms. The third kappa shape index (κ3) is 2.55. The molecule has 1 fully saturated rings. The molecule has 2 rings (SSSR count). The number of hydrogen-bond donors (Lipinski definition) is 1. The zero-order chi connectivity index (χ0) is 9.97. The van der Waals surface area contributed by atoms with E-state index in [0.29, 0.717) is 6.54 Å². The molecule has 1 N–H and O–H groups in total. The maximum absolute atomic E-state index is 13.3. The minimum atomic E-state index is -0.136. The molecule has 1 aromatic carbocycles. The van der Waals surface area contributed by atoms with Crippen molar-refractivity contribution in [2.75, 3.05) is 6.54 Å². The van der Waals surface area contributed by atoms with Gasteiger partial charge >= 0.3 is 0 Å². The Balaban J connectivity index is 1.92. The van der Waals surface area contributed by atoms with Crippen molar-refractivity contribution < 1.29 is 4.39 Å².